The van der Waals surface area contributed by atoms with Gasteiger partial charge in [-0.05, 0) is 117 Å². The van der Waals surface area contributed by atoms with Crippen LogP contribution in [0.15, 0.2) is 0 Å². The predicted molar refractivity (Wildman–Crippen MR) is 127 cm³/mol. The Bertz CT molecular complexity index is 338. The number of quaternary nitrogens is 2. The molecule has 0 heterocycles. The Morgan fingerprint density at radius 2 is 0.467 bits per heavy atom. The van der Waals surface area contributed by atoms with Gasteiger partial charge in [0.05, 0.1) is 48.3 Å². The zero-order valence-electron chi connectivity index (χ0n) is 23.2. The molecule has 5 nitrogen and oxygen atoms in total. The van der Waals surface area contributed by atoms with Crippen LogP contribution in [-0.4, -0.2) is 63.5 Å². The van der Waals surface area contributed by atoms with Crippen molar-refractivity contribution in [1.82, 2.24) is 0 Å². The van der Waals surface area contributed by atoms with Crippen molar-refractivity contribution in [1.29, 1.82) is 0 Å². The Morgan fingerprint density at radius 1 is 0.400 bits per heavy atom. The van der Waals surface area contributed by atoms with E-state index in [1.165, 1.54) is 8.97 Å². The molecule has 0 aromatic rings. The second-order valence-electron chi connectivity index (χ2n) is 10.8. The third-order valence-corrected chi connectivity index (χ3v) is 7.16. The Balaban J connectivity index is -0.000000412. The number of hydrogen-bond donors (Lipinski definition) is 0. The van der Waals surface area contributed by atoms with E-state index in [9.17, 15) is 0 Å². The summed E-state index contributed by atoms with van der Waals surface area (Å²) in [6.45, 7) is 37.6. The molecule has 0 aliphatic heterocycles. The van der Waals surface area contributed by atoms with Gasteiger partial charge in [-0.1, -0.05) is 0 Å². The molecule has 0 amide bonds. The van der Waals surface area contributed by atoms with Crippen LogP contribution in [0.4, 0.5) is 4.79 Å². The number of carbonyl (C=O) groups is 1. The number of hydrogen-bond acceptors (Lipinski definition) is 3. The Morgan fingerprint density at radius 3 is 0.467 bits per heavy atom. The van der Waals surface area contributed by atoms with Gasteiger partial charge >= 0.3 is 0 Å². The average molecular weight is 433 g/mol. The van der Waals surface area contributed by atoms with Crippen molar-refractivity contribution < 1.29 is 24.0 Å². The molecule has 184 valence electrons. The maximum atomic E-state index is 8.33. The van der Waals surface area contributed by atoms with Gasteiger partial charge in [0.15, 0.2) is 0 Å². The van der Waals surface area contributed by atoms with Crippen LogP contribution in [0.3, 0.4) is 0 Å². The molecule has 0 N–H and O–H groups in total. The Hall–Kier alpha value is -0.810. The molecule has 0 fully saturated rings. The van der Waals surface area contributed by atoms with Crippen molar-refractivity contribution >= 4 is 6.16 Å². The fraction of sp³-hybridized carbons (Fsp3) is 0.960. The van der Waals surface area contributed by atoms with Gasteiger partial charge in [-0.25, -0.2) is 0 Å². The van der Waals surface area contributed by atoms with E-state index in [4.69, 9.17) is 15.0 Å². The summed E-state index contributed by atoms with van der Waals surface area (Å²) >= 11 is 0. The summed E-state index contributed by atoms with van der Waals surface area (Å²) in [6, 6.07) is 5.67. The van der Waals surface area contributed by atoms with Crippen LogP contribution in [-0.2, 0) is 0 Å². The van der Waals surface area contributed by atoms with Gasteiger partial charge in [0.25, 0.3) is 0 Å². The molecular formula is C25H56N2O3. The molecule has 0 aliphatic carbocycles. The van der Waals surface area contributed by atoms with Crippen molar-refractivity contribution in [2.45, 2.75) is 159 Å². The first-order valence-corrected chi connectivity index (χ1v) is 11.9. The van der Waals surface area contributed by atoms with Crippen molar-refractivity contribution in [2.24, 2.45) is 0 Å². The second-order valence-corrected chi connectivity index (χ2v) is 10.8. The first kappa shape index (κ1) is 33.8. The third kappa shape index (κ3) is 8.37. The number of carboxylic acid groups (broad SMARTS) is 2. The van der Waals surface area contributed by atoms with Crippen LogP contribution in [0.1, 0.15) is 111 Å². The molecule has 0 bridgehead atoms. The molecule has 30 heavy (non-hydrogen) atoms. The molecule has 0 aromatic heterocycles. The summed E-state index contributed by atoms with van der Waals surface area (Å²) in [5, 5.41) is 16.7. The van der Waals surface area contributed by atoms with Gasteiger partial charge in [-0.3, -0.25) is 0 Å². The Labute approximate surface area is 189 Å². The lowest BCUT2D eigenvalue weighted by molar-refractivity contribution is -1.00. The molecule has 0 aromatic carbocycles. The fourth-order valence-corrected chi connectivity index (χ4v) is 7.16. The third-order valence-electron chi connectivity index (χ3n) is 7.16. The van der Waals surface area contributed by atoms with Crippen LogP contribution in [0, 0.1) is 0 Å². The quantitative estimate of drug-likeness (QED) is 0.533. The fourth-order valence-electron chi connectivity index (χ4n) is 7.16. The maximum absolute atomic E-state index is 8.33. The lowest BCUT2D eigenvalue weighted by Gasteiger charge is -2.52. The molecule has 0 radical (unpaired) electrons. The summed E-state index contributed by atoms with van der Waals surface area (Å²) < 4.78 is 2.44. The van der Waals surface area contributed by atoms with E-state index in [0.29, 0.717) is 48.3 Å². The van der Waals surface area contributed by atoms with Crippen molar-refractivity contribution in [3.8, 4) is 0 Å². The van der Waals surface area contributed by atoms with E-state index in [0.717, 1.165) is 0 Å². The highest BCUT2D eigenvalue weighted by Gasteiger charge is 2.41. The van der Waals surface area contributed by atoms with Crippen molar-refractivity contribution in [3.05, 3.63) is 0 Å². The van der Waals surface area contributed by atoms with E-state index in [-0.39, 0.29) is 0 Å². The lowest BCUT2D eigenvalue weighted by atomic mass is 10.0. The van der Waals surface area contributed by atoms with Crippen molar-refractivity contribution in [2.75, 3.05) is 0 Å². The molecule has 0 saturated heterocycles. The molecule has 0 atom stereocenters. The average Bonchev–Trinajstić information content (AvgIpc) is 2.44. The first-order valence-electron chi connectivity index (χ1n) is 11.9. The topological polar surface area (TPSA) is 63.2 Å². The highest BCUT2D eigenvalue weighted by atomic mass is 16.6. The number of rotatable bonds is 8. The molecule has 0 rings (SSSR count). The monoisotopic (exact) mass is 432 g/mol. The van der Waals surface area contributed by atoms with Gasteiger partial charge in [-0.2, -0.15) is 0 Å². The molecule has 5 heteroatoms. The number of nitrogens with zero attached hydrogens (tertiary/aromatic N) is 2. The highest BCUT2D eigenvalue weighted by molar-refractivity contribution is 5.47. The lowest BCUT2D eigenvalue weighted by Crippen LogP contribution is -2.65. The minimum absolute atomic E-state index is 0.708. The van der Waals surface area contributed by atoms with Gasteiger partial charge < -0.3 is 24.0 Å². The molecule has 0 saturated carbocycles. The van der Waals surface area contributed by atoms with Crippen molar-refractivity contribution in [3.63, 3.8) is 0 Å². The summed E-state index contributed by atoms with van der Waals surface area (Å²) in [5.41, 5.74) is 0. The van der Waals surface area contributed by atoms with Crippen LogP contribution in [0.2, 0.25) is 0 Å². The molecule has 0 aliphatic rings. The van der Waals surface area contributed by atoms with E-state index < -0.39 is 6.16 Å². The van der Waals surface area contributed by atoms with E-state index >= 15 is 0 Å². The van der Waals surface area contributed by atoms with Crippen LogP contribution in [0.25, 0.3) is 0 Å². The van der Waals surface area contributed by atoms with Crippen LogP contribution < -0.4 is 10.2 Å². The molecule has 0 unspecified atom stereocenters. The summed E-state index contributed by atoms with van der Waals surface area (Å²) in [4.78, 5) is 8.33. The zero-order valence-corrected chi connectivity index (χ0v) is 23.2. The first-order chi connectivity index (χ1) is 13.3. The standard InChI is InChI=1S/2C12H28N.CH2O3/c2*1-9(2)13(10(3)4,11(5)6)12(7)8;2-1(3)4/h2*9-12H,1-8H3;(H2,2,3,4)/q2*+1;/p-2. The minimum atomic E-state index is -2.33. The van der Waals surface area contributed by atoms with E-state index in [1.54, 1.807) is 0 Å². The maximum Gasteiger partial charge on any atom is 0.0839 e. The summed E-state index contributed by atoms with van der Waals surface area (Å²) in [5.74, 6) is 0. The largest absolute Gasteiger partial charge is 0.652 e. The predicted octanol–water partition coefficient (Wildman–Crippen LogP) is 4.43. The highest BCUT2D eigenvalue weighted by Crippen LogP contribution is 2.29. The van der Waals surface area contributed by atoms with Crippen LogP contribution >= 0.6 is 0 Å². The van der Waals surface area contributed by atoms with Gasteiger partial charge in [0.2, 0.25) is 0 Å². The smallest absolute Gasteiger partial charge is 0.0839 e. The van der Waals surface area contributed by atoms with Gasteiger partial charge in [0.1, 0.15) is 0 Å². The Kier molecular flexibility index (Phi) is 16.1. The van der Waals surface area contributed by atoms with E-state index in [2.05, 4.69) is 111 Å². The van der Waals surface area contributed by atoms with Crippen LogP contribution in [0.5, 0.6) is 0 Å². The van der Waals surface area contributed by atoms with E-state index in [1.807, 2.05) is 0 Å². The molecule has 0 spiro atoms. The number of carbonyl (C=O) groups excluding carboxylic acids is 1. The van der Waals surface area contributed by atoms with Gasteiger partial charge in [-0.15, -0.1) is 0 Å². The molecular weight excluding hydrogens is 376 g/mol. The second kappa shape index (κ2) is 14.3. The summed E-state index contributed by atoms with van der Waals surface area (Å²) in [7, 11) is 0. The SMILES string of the molecule is CC(C)[N+](C(C)C)(C(C)C)C(C)C.CC(C)[N+](C(C)C)(C(C)C)C(C)C.O=C([O-])[O-]. The zero-order chi connectivity index (χ0) is 25.2. The normalized spacial score (nSPS) is 12.8. The van der Waals surface area contributed by atoms with Gasteiger partial charge in [0, 0.05) is 0 Å². The summed E-state index contributed by atoms with van der Waals surface area (Å²) in [6.07, 6.45) is -2.33. The minimum Gasteiger partial charge on any atom is -0.652 e.